The van der Waals surface area contributed by atoms with Gasteiger partial charge in [-0.15, -0.1) is 11.3 Å². The van der Waals surface area contributed by atoms with Gasteiger partial charge in [0.15, 0.2) is 0 Å². The largest absolute Gasteiger partial charge is 0.396 e. The number of hydrogen-bond donors (Lipinski definition) is 2. The molecule has 1 heterocycles. The number of nitrogens with one attached hydrogen (secondary N) is 1. The van der Waals surface area contributed by atoms with Gasteiger partial charge in [0, 0.05) is 16.3 Å². The second kappa shape index (κ2) is 8.78. The molecule has 4 rings (SSSR count). The first-order valence-corrected chi connectivity index (χ1v) is 12.3. The maximum Gasteiger partial charge on any atom is 0.211 e. The highest BCUT2D eigenvalue weighted by molar-refractivity contribution is 7.92. The average Bonchev–Trinajstić information content (AvgIpc) is 3.11. The van der Waals surface area contributed by atoms with Crippen LogP contribution in [0.2, 0.25) is 5.02 Å². The maximum absolute atomic E-state index is 13.6. The first-order valence-electron chi connectivity index (χ1n) is 9.64. The van der Waals surface area contributed by atoms with E-state index in [1.165, 1.54) is 12.1 Å². The molecule has 32 heavy (non-hydrogen) atoms. The van der Waals surface area contributed by atoms with E-state index in [9.17, 15) is 13.2 Å². The minimum atomic E-state index is -3.99. The molecule has 0 amide bonds. The molecule has 1 aromatic heterocycles. The topological polar surface area (TPSA) is 89.3 Å². The van der Waals surface area contributed by atoms with E-state index in [0.29, 0.717) is 16.3 Å². The maximum atomic E-state index is 13.6. The summed E-state index contributed by atoms with van der Waals surface area (Å²) in [5.41, 5.74) is 8.23. The number of carbonyl (C=O) groups is 1. The first-order chi connectivity index (χ1) is 15.3. The van der Waals surface area contributed by atoms with Crippen molar-refractivity contribution in [2.45, 2.75) is 16.7 Å². The predicted octanol–water partition coefficient (Wildman–Crippen LogP) is 6.10. The quantitative estimate of drug-likeness (QED) is 0.324. The zero-order valence-electron chi connectivity index (χ0n) is 17.0. The molecule has 0 radical (unpaired) electrons. The lowest BCUT2D eigenvalue weighted by Gasteiger charge is -2.10. The number of nitrogen functional groups attached to an aromatic ring is 1. The molecule has 0 atom stereocenters. The molecule has 0 saturated heterocycles. The molecule has 0 spiro atoms. The highest BCUT2D eigenvalue weighted by Crippen LogP contribution is 2.44. The van der Waals surface area contributed by atoms with Gasteiger partial charge in [0.2, 0.25) is 15.6 Å². The van der Waals surface area contributed by atoms with Crippen LogP contribution in [-0.2, 0) is 9.84 Å². The van der Waals surface area contributed by atoms with Crippen LogP contribution >= 0.6 is 22.9 Å². The lowest BCUT2D eigenvalue weighted by Crippen LogP contribution is -2.08. The molecule has 0 bridgehead atoms. The van der Waals surface area contributed by atoms with Crippen molar-refractivity contribution < 1.29 is 13.2 Å². The summed E-state index contributed by atoms with van der Waals surface area (Å²) >= 11 is 6.94. The number of para-hydroxylation sites is 1. The fourth-order valence-electron chi connectivity index (χ4n) is 3.17. The van der Waals surface area contributed by atoms with Gasteiger partial charge in [0.25, 0.3) is 0 Å². The normalized spacial score (nSPS) is 11.3. The monoisotopic (exact) mass is 482 g/mol. The molecule has 162 valence electrons. The van der Waals surface area contributed by atoms with Crippen molar-refractivity contribution in [3.05, 3.63) is 99.9 Å². The van der Waals surface area contributed by atoms with Gasteiger partial charge in [-0.2, -0.15) is 0 Å². The van der Waals surface area contributed by atoms with Crippen LogP contribution < -0.4 is 11.1 Å². The number of aryl methyl sites for hydroxylation is 1. The third-order valence-corrected chi connectivity index (χ3v) is 8.20. The van der Waals surface area contributed by atoms with Crippen molar-refractivity contribution >= 4 is 54.9 Å². The number of ketones is 1. The molecular weight excluding hydrogens is 464 g/mol. The standard InChI is InChI=1S/C24H19ClN2O3S2/c1-15-7-13-19(14-8-15)32(29,30)23-20(26)22(21(28)16-9-11-17(25)12-10-16)31-24(23)27-18-5-3-2-4-6-18/h2-14,27H,26H2,1H3. The van der Waals surface area contributed by atoms with E-state index < -0.39 is 9.84 Å². The van der Waals surface area contributed by atoms with E-state index in [4.69, 9.17) is 17.3 Å². The summed E-state index contributed by atoms with van der Waals surface area (Å²) in [6.07, 6.45) is 0. The second-order valence-corrected chi connectivity index (χ2v) is 10.5. The SMILES string of the molecule is Cc1ccc(S(=O)(=O)c2c(Nc3ccccc3)sc(C(=O)c3ccc(Cl)cc3)c2N)cc1. The molecule has 4 aromatic rings. The Morgan fingerprint density at radius 3 is 2.19 bits per heavy atom. The Labute approximate surface area is 195 Å². The van der Waals surface area contributed by atoms with E-state index in [-0.39, 0.29) is 31.1 Å². The number of anilines is 3. The van der Waals surface area contributed by atoms with Crippen LogP contribution in [0, 0.1) is 6.92 Å². The smallest absolute Gasteiger partial charge is 0.211 e. The number of thiophene rings is 1. The Morgan fingerprint density at radius 2 is 1.56 bits per heavy atom. The van der Waals surface area contributed by atoms with Gasteiger partial charge in [0.05, 0.1) is 10.6 Å². The number of nitrogens with two attached hydrogens (primary N) is 1. The van der Waals surface area contributed by atoms with E-state index in [2.05, 4.69) is 5.32 Å². The van der Waals surface area contributed by atoms with E-state index in [0.717, 1.165) is 16.9 Å². The van der Waals surface area contributed by atoms with Gasteiger partial charge in [-0.25, -0.2) is 8.42 Å². The molecule has 0 unspecified atom stereocenters. The summed E-state index contributed by atoms with van der Waals surface area (Å²) in [5, 5.41) is 3.90. The number of halogens is 1. The minimum absolute atomic E-state index is 0.0750. The fraction of sp³-hybridized carbons (Fsp3) is 0.0417. The Kier molecular flexibility index (Phi) is 6.06. The molecular formula is C24H19ClN2O3S2. The Morgan fingerprint density at radius 1 is 0.938 bits per heavy atom. The van der Waals surface area contributed by atoms with Crippen molar-refractivity contribution in [2.75, 3.05) is 11.1 Å². The van der Waals surface area contributed by atoms with Crippen LogP contribution in [0.4, 0.5) is 16.4 Å². The highest BCUT2D eigenvalue weighted by atomic mass is 35.5. The van der Waals surface area contributed by atoms with E-state index in [1.54, 1.807) is 48.5 Å². The van der Waals surface area contributed by atoms with Crippen molar-refractivity contribution in [2.24, 2.45) is 0 Å². The Balaban J connectivity index is 1.87. The number of rotatable bonds is 6. The molecule has 0 fully saturated rings. The first kappa shape index (κ1) is 22.1. The molecule has 0 aliphatic rings. The molecule has 0 saturated carbocycles. The van der Waals surface area contributed by atoms with Gasteiger partial charge >= 0.3 is 0 Å². The second-order valence-electron chi connectivity index (χ2n) is 7.15. The number of hydrogen-bond acceptors (Lipinski definition) is 6. The van der Waals surface area contributed by atoms with Crippen LogP contribution in [0.1, 0.15) is 20.8 Å². The lowest BCUT2D eigenvalue weighted by molar-refractivity contribution is 0.104. The molecule has 0 aliphatic heterocycles. The third kappa shape index (κ3) is 4.27. The van der Waals surface area contributed by atoms with Crippen LogP contribution in [0.15, 0.2) is 88.7 Å². The zero-order valence-corrected chi connectivity index (χ0v) is 19.4. The van der Waals surface area contributed by atoms with Crippen molar-refractivity contribution in [1.29, 1.82) is 0 Å². The Bertz CT molecular complexity index is 1380. The summed E-state index contributed by atoms with van der Waals surface area (Å²) in [7, 11) is -3.99. The fourth-order valence-corrected chi connectivity index (χ4v) is 6.23. The van der Waals surface area contributed by atoms with Gasteiger partial charge in [0.1, 0.15) is 14.8 Å². The molecule has 3 N–H and O–H groups in total. The minimum Gasteiger partial charge on any atom is -0.396 e. The summed E-state index contributed by atoms with van der Waals surface area (Å²) in [6, 6.07) is 22.0. The predicted molar refractivity (Wildman–Crippen MR) is 130 cm³/mol. The highest BCUT2D eigenvalue weighted by Gasteiger charge is 2.31. The van der Waals surface area contributed by atoms with E-state index in [1.807, 2.05) is 25.1 Å². The zero-order chi connectivity index (χ0) is 22.9. The van der Waals surface area contributed by atoms with E-state index >= 15 is 0 Å². The number of benzene rings is 3. The van der Waals surface area contributed by atoms with Crippen molar-refractivity contribution in [1.82, 2.24) is 0 Å². The van der Waals surface area contributed by atoms with Crippen LogP contribution in [0.25, 0.3) is 0 Å². The summed E-state index contributed by atoms with van der Waals surface area (Å²) in [4.78, 5) is 13.3. The average molecular weight is 483 g/mol. The Hall–Kier alpha value is -3.13. The van der Waals surface area contributed by atoms with Crippen LogP contribution in [0.5, 0.6) is 0 Å². The number of carbonyl (C=O) groups excluding carboxylic acids is 1. The van der Waals surface area contributed by atoms with Gasteiger partial charge < -0.3 is 11.1 Å². The lowest BCUT2D eigenvalue weighted by atomic mass is 10.1. The van der Waals surface area contributed by atoms with Gasteiger partial charge in [-0.1, -0.05) is 47.5 Å². The van der Waals surface area contributed by atoms with Crippen molar-refractivity contribution in [3.63, 3.8) is 0 Å². The summed E-state index contributed by atoms with van der Waals surface area (Å²) in [6.45, 7) is 1.88. The third-order valence-electron chi connectivity index (χ3n) is 4.84. The molecule has 3 aromatic carbocycles. The number of sulfone groups is 1. The molecule has 8 heteroatoms. The molecule has 5 nitrogen and oxygen atoms in total. The summed E-state index contributed by atoms with van der Waals surface area (Å²) < 4.78 is 27.1. The van der Waals surface area contributed by atoms with Crippen molar-refractivity contribution in [3.8, 4) is 0 Å². The molecule has 0 aliphatic carbocycles. The van der Waals surface area contributed by atoms with Crippen LogP contribution in [-0.4, -0.2) is 14.2 Å². The van der Waals surface area contributed by atoms with Gasteiger partial charge in [-0.05, 0) is 55.5 Å². The van der Waals surface area contributed by atoms with Gasteiger partial charge in [-0.3, -0.25) is 4.79 Å². The van der Waals surface area contributed by atoms with Crippen LogP contribution in [0.3, 0.4) is 0 Å². The summed E-state index contributed by atoms with van der Waals surface area (Å²) in [5.74, 6) is -0.370.